The van der Waals surface area contributed by atoms with Crippen LogP contribution in [0.2, 0.25) is 0 Å². The number of rotatable bonds is 35. The maximum absolute atomic E-state index is 12.5. The number of hydrogen-bond acceptors (Lipinski definition) is 18. The van der Waals surface area contributed by atoms with Crippen molar-refractivity contribution in [3.05, 3.63) is 162 Å². The highest BCUT2D eigenvalue weighted by Crippen LogP contribution is 2.37. The number of benzene rings is 4. The van der Waals surface area contributed by atoms with Gasteiger partial charge >= 0.3 is 23.9 Å². The average Bonchev–Trinajstić information content (AvgIpc) is 2.49. The second-order valence-electron chi connectivity index (χ2n) is 24.8. The van der Waals surface area contributed by atoms with Crippen molar-refractivity contribution in [2.45, 2.75) is 162 Å². The Hall–Kier alpha value is -5.58. The predicted molar refractivity (Wildman–Crippen MR) is 362 cm³/mol. The molecule has 2 fully saturated rings. The van der Waals surface area contributed by atoms with E-state index in [0.29, 0.717) is 55.7 Å². The molecule has 2 aliphatic rings. The standard InChI is InChI=1S/C20H32O6S.C20H32O5S.C17H24O3.C8H8.C7H10O3/c1-4-15(16-8-6-5-7-9-16)10-20(2,3)19(24)26-12-18(23)14-27(25)13-17(22)11-21;1-4-15(16-8-6-5-7-9-16)10-20(2,3)19(24)25-12-18(23)14-26-13-17(22)11-21;1-4-13(14-8-6-5-7-9-14)10-17(2,3)16(18)20-12-15-11-19-15;1-2-8-6-4-3-5-7-8;1-5(2)7(8)10-4-6-3-9-6/h5-9,15,17-18,21-23H,4,10-14H2,1-3H3;5-9,15,17-18,21-23H,4,10-14H2,1-3H3;5-9,13,15H,4,10-12H2,1-3H3;2-7H,1H2;6H,1,3-4H2,2H3. The third-order valence-electron chi connectivity index (χ3n) is 14.8. The zero-order valence-corrected chi connectivity index (χ0v) is 57.1. The lowest BCUT2D eigenvalue weighted by Gasteiger charge is -2.28. The number of ether oxygens (including phenoxy) is 6. The Labute approximate surface area is 548 Å². The zero-order valence-electron chi connectivity index (χ0n) is 55.5. The third kappa shape index (κ3) is 35.3. The Kier molecular flexibility index (Phi) is 39.5. The van der Waals surface area contributed by atoms with Crippen molar-refractivity contribution in [2.24, 2.45) is 16.2 Å². The Bertz CT molecular complexity index is 2680. The molecule has 2 heterocycles. The monoisotopic (exact) mass is 1310 g/mol. The second kappa shape index (κ2) is 44.1. The van der Waals surface area contributed by atoms with E-state index in [0.717, 1.165) is 32.3 Å². The lowest BCUT2D eigenvalue weighted by molar-refractivity contribution is -0.157. The highest BCUT2D eigenvalue weighted by Gasteiger charge is 2.36. The summed E-state index contributed by atoms with van der Waals surface area (Å²) in [5, 5.41) is 55.8. The molecule has 0 radical (unpaired) electrons. The summed E-state index contributed by atoms with van der Waals surface area (Å²) < 4.78 is 42.3. The van der Waals surface area contributed by atoms with E-state index in [2.05, 4.69) is 70.3 Å². The summed E-state index contributed by atoms with van der Waals surface area (Å²) in [6.45, 7) is 27.5. The Balaban J connectivity index is 0.000000410. The molecule has 0 amide bonds. The van der Waals surface area contributed by atoms with Gasteiger partial charge in [-0.3, -0.25) is 18.6 Å². The van der Waals surface area contributed by atoms with Crippen molar-refractivity contribution >= 4 is 52.5 Å². The SMILES string of the molecule is C=C(C)C(=O)OCC1CO1.C=Cc1ccccc1.CCC(CC(C)(C)C(=O)OCC(O)CS(=O)CC(O)CO)c1ccccc1.CCC(CC(C)(C)C(=O)OCC(O)CSCC(O)CO)c1ccccc1.CCC(CC(C)(C)C(=O)OCC1CO1)c1ccccc1. The highest BCUT2D eigenvalue weighted by atomic mass is 32.2. The first kappa shape index (κ1) is 81.5. The van der Waals surface area contributed by atoms with Gasteiger partial charge in [0, 0.05) is 27.9 Å². The van der Waals surface area contributed by atoms with Crippen LogP contribution in [0, 0.1) is 16.2 Å². The van der Waals surface area contributed by atoms with Gasteiger partial charge in [-0.15, -0.1) is 0 Å². The van der Waals surface area contributed by atoms with Crippen LogP contribution < -0.4 is 0 Å². The fraction of sp³-hybridized carbons (Fsp3) is 0.556. The molecule has 0 aliphatic carbocycles. The van der Waals surface area contributed by atoms with Crippen molar-refractivity contribution in [1.82, 2.24) is 0 Å². The molecular weight excluding hydrogens is 1200 g/mol. The van der Waals surface area contributed by atoms with Crippen molar-refractivity contribution in [3.63, 3.8) is 0 Å². The van der Waals surface area contributed by atoms with Crippen molar-refractivity contribution in [3.8, 4) is 0 Å². The summed E-state index contributed by atoms with van der Waals surface area (Å²) in [7, 11) is -1.50. The molecule has 10 unspecified atom stereocenters. The summed E-state index contributed by atoms with van der Waals surface area (Å²) >= 11 is 1.31. The maximum Gasteiger partial charge on any atom is 0.333 e. The average molecular weight is 1310 g/mol. The molecule has 91 heavy (non-hydrogen) atoms. The van der Waals surface area contributed by atoms with Gasteiger partial charge in [-0.1, -0.05) is 161 Å². The number of aliphatic hydroxyl groups excluding tert-OH is 6. The highest BCUT2D eigenvalue weighted by molar-refractivity contribution is 7.99. The summed E-state index contributed by atoms with van der Waals surface area (Å²) in [6.07, 6.45) is 3.33. The van der Waals surface area contributed by atoms with E-state index >= 15 is 0 Å². The van der Waals surface area contributed by atoms with Gasteiger partial charge in [0.2, 0.25) is 0 Å². The molecule has 2 aliphatic heterocycles. The van der Waals surface area contributed by atoms with E-state index in [9.17, 15) is 43.8 Å². The number of aliphatic hydroxyl groups is 6. The summed E-state index contributed by atoms with van der Waals surface area (Å²) in [6, 6.07) is 40.6. The maximum atomic E-state index is 12.5. The molecule has 17 nitrogen and oxygen atoms in total. The van der Waals surface area contributed by atoms with Gasteiger partial charge < -0.3 is 59.1 Å². The molecule has 6 N–H and O–H groups in total. The molecule has 0 bridgehead atoms. The first-order valence-electron chi connectivity index (χ1n) is 31.4. The molecule has 19 heteroatoms. The van der Waals surface area contributed by atoms with E-state index in [1.807, 2.05) is 133 Å². The first-order chi connectivity index (χ1) is 43.1. The fourth-order valence-electron chi connectivity index (χ4n) is 9.11. The van der Waals surface area contributed by atoms with Crippen LogP contribution in [0.1, 0.15) is 148 Å². The minimum Gasteiger partial charge on any atom is -0.462 e. The zero-order chi connectivity index (χ0) is 68.0. The number of hydrogen-bond donors (Lipinski definition) is 6. The Morgan fingerprint density at radius 2 is 0.879 bits per heavy atom. The third-order valence-corrected chi connectivity index (χ3v) is 17.6. The molecule has 4 aromatic rings. The first-order valence-corrected chi connectivity index (χ1v) is 34.1. The van der Waals surface area contributed by atoms with Crippen molar-refractivity contribution in [1.29, 1.82) is 0 Å². The molecule has 508 valence electrons. The van der Waals surface area contributed by atoms with Gasteiger partial charge in [-0.25, -0.2) is 4.79 Å². The topological polar surface area (TPSA) is 269 Å². The largest absolute Gasteiger partial charge is 0.462 e. The van der Waals surface area contributed by atoms with Gasteiger partial charge in [-0.05, 0) is 127 Å². The van der Waals surface area contributed by atoms with E-state index in [-0.39, 0.29) is 73.3 Å². The number of carbonyl (C=O) groups excluding carboxylic acids is 4. The number of carbonyl (C=O) groups is 4. The minimum absolute atomic E-state index is 0.0629. The summed E-state index contributed by atoms with van der Waals surface area (Å²) in [4.78, 5) is 47.8. The molecule has 6 rings (SSSR count). The van der Waals surface area contributed by atoms with Crippen LogP contribution >= 0.6 is 11.8 Å². The molecule has 10 atom stereocenters. The summed E-state index contributed by atoms with van der Waals surface area (Å²) in [5.74, 6) is 0.145. The summed E-state index contributed by atoms with van der Waals surface area (Å²) in [5.41, 5.74) is 3.47. The van der Waals surface area contributed by atoms with Gasteiger partial charge in [0.05, 0.1) is 78.6 Å². The van der Waals surface area contributed by atoms with Gasteiger partial charge in [0.1, 0.15) is 38.6 Å². The van der Waals surface area contributed by atoms with E-state index in [4.69, 9.17) is 38.6 Å². The molecule has 2 saturated heterocycles. The van der Waals surface area contributed by atoms with Crippen LogP contribution in [0.4, 0.5) is 0 Å². The van der Waals surface area contributed by atoms with Gasteiger partial charge in [-0.2, -0.15) is 11.8 Å². The van der Waals surface area contributed by atoms with E-state index in [1.54, 1.807) is 6.92 Å². The lowest BCUT2D eigenvalue weighted by Crippen LogP contribution is -2.33. The van der Waals surface area contributed by atoms with Crippen LogP contribution in [0.25, 0.3) is 6.08 Å². The molecular formula is C72H106O17S2. The fourth-order valence-corrected chi connectivity index (χ4v) is 11.2. The Morgan fingerprint density at radius 1 is 0.549 bits per heavy atom. The normalized spacial score (nSPS) is 16.7. The smallest absolute Gasteiger partial charge is 0.333 e. The number of thioether (sulfide) groups is 1. The van der Waals surface area contributed by atoms with Crippen LogP contribution in [-0.4, -0.2) is 171 Å². The predicted octanol–water partition coefficient (Wildman–Crippen LogP) is 10.6. The molecule has 0 saturated carbocycles. The number of epoxide rings is 2. The second-order valence-corrected chi connectivity index (χ2v) is 27.4. The van der Waals surface area contributed by atoms with Crippen LogP contribution in [-0.2, 0) is 58.4 Å². The van der Waals surface area contributed by atoms with Gasteiger partial charge in [0.15, 0.2) is 0 Å². The van der Waals surface area contributed by atoms with Crippen molar-refractivity contribution < 1.29 is 82.4 Å². The molecule has 4 aromatic carbocycles. The van der Waals surface area contributed by atoms with Crippen LogP contribution in [0.15, 0.2) is 140 Å². The quantitative estimate of drug-likeness (QED) is 0.0108. The van der Waals surface area contributed by atoms with Crippen molar-refractivity contribution in [2.75, 3.05) is 75.9 Å². The molecule has 0 spiro atoms. The van der Waals surface area contributed by atoms with E-state index < -0.39 is 64.0 Å². The Morgan fingerprint density at radius 3 is 1.21 bits per heavy atom. The van der Waals surface area contributed by atoms with Gasteiger partial charge in [0.25, 0.3) is 0 Å². The molecule has 0 aromatic heterocycles. The van der Waals surface area contributed by atoms with Crippen LogP contribution in [0.5, 0.6) is 0 Å². The number of esters is 4. The minimum atomic E-state index is -1.50. The van der Waals surface area contributed by atoms with E-state index in [1.165, 1.54) is 34.0 Å². The lowest BCUT2D eigenvalue weighted by atomic mass is 9.79. The van der Waals surface area contributed by atoms with Crippen LogP contribution in [0.3, 0.4) is 0 Å².